The maximum Gasteiger partial charge on any atom is 0.313 e. The van der Waals surface area contributed by atoms with Crippen LogP contribution in [0.15, 0.2) is 0 Å². The molecule has 0 unspecified atom stereocenters. The van der Waals surface area contributed by atoms with Crippen molar-refractivity contribution in [1.29, 1.82) is 0 Å². The third-order valence-electron chi connectivity index (χ3n) is 3.20. The second-order valence-corrected chi connectivity index (χ2v) is 5.17. The lowest BCUT2D eigenvalue weighted by atomic mass is 10.1. The number of unbranched alkanes of at least 4 members (excludes halogenated alkanes) is 8. The summed E-state index contributed by atoms with van der Waals surface area (Å²) in [5, 5.41) is 0. The molecule has 0 aromatic rings. The van der Waals surface area contributed by atoms with Gasteiger partial charge in [0, 0.05) is 12.8 Å². The molecule has 0 aromatic carbocycles. The molecule has 0 fully saturated rings. The molecular formula is C16H31FO3. The molecule has 0 heterocycles. The lowest BCUT2D eigenvalue weighted by Crippen LogP contribution is -2.11. The highest BCUT2D eigenvalue weighted by molar-refractivity contribution is 5.85. The third kappa shape index (κ3) is 15.1. The molecule has 0 N–H and O–H groups in total. The van der Waals surface area contributed by atoms with Crippen LogP contribution in [0.5, 0.6) is 0 Å². The Morgan fingerprint density at radius 3 is 1.35 bits per heavy atom. The first kappa shape index (κ1) is 21.4. The van der Waals surface area contributed by atoms with Crippen LogP contribution in [0.3, 0.4) is 0 Å². The molecule has 20 heavy (non-hydrogen) atoms. The van der Waals surface area contributed by atoms with Crippen molar-refractivity contribution in [2.24, 2.45) is 0 Å². The molecule has 0 amide bonds. The van der Waals surface area contributed by atoms with Crippen molar-refractivity contribution in [3.8, 4) is 0 Å². The molecule has 3 nitrogen and oxygen atoms in total. The molecule has 0 rings (SSSR count). The van der Waals surface area contributed by atoms with Gasteiger partial charge in [-0.3, -0.25) is 14.3 Å². The van der Waals surface area contributed by atoms with Crippen molar-refractivity contribution in [1.82, 2.24) is 0 Å². The minimum Gasteiger partial charge on any atom is -0.393 e. The van der Waals surface area contributed by atoms with Crippen LogP contribution in [0.1, 0.15) is 90.9 Å². The van der Waals surface area contributed by atoms with Crippen molar-refractivity contribution in [2.45, 2.75) is 90.9 Å². The first-order valence-electron chi connectivity index (χ1n) is 7.94. The van der Waals surface area contributed by atoms with Gasteiger partial charge in [-0.15, -0.1) is 0 Å². The number of hydrogen-bond acceptors (Lipinski definition) is 3. The Kier molecular flexibility index (Phi) is 17.2. The van der Waals surface area contributed by atoms with Crippen LogP contribution in [0.25, 0.3) is 0 Å². The van der Waals surface area contributed by atoms with Crippen LogP contribution in [-0.4, -0.2) is 11.9 Å². The number of esters is 2. The zero-order chi connectivity index (χ0) is 14.3. The van der Waals surface area contributed by atoms with Crippen LogP contribution in [-0.2, 0) is 14.3 Å². The van der Waals surface area contributed by atoms with Gasteiger partial charge >= 0.3 is 11.9 Å². The van der Waals surface area contributed by atoms with Crippen LogP contribution >= 0.6 is 0 Å². The number of rotatable bonds is 12. The van der Waals surface area contributed by atoms with E-state index in [2.05, 4.69) is 13.8 Å². The van der Waals surface area contributed by atoms with Crippen molar-refractivity contribution >= 4 is 11.9 Å². The Balaban J connectivity index is 0. The topological polar surface area (TPSA) is 43.4 Å². The van der Waals surface area contributed by atoms with Gasteiger partial charge in [0.15, 0.2) is 0 Å². The molecule has 0 aromatic heterocycles. The third-order valence-corrected chi connectivity index (χ3v) is 3.20. The SMILES string of the molecule is CCCCCCCC(=O)OC(=O)CCCCCCC.F. The number of carbonyl (C=O) groups is 2. The molecule has 0 aliphatic carbocycles. The largest absolute Gasteiger partial charge is 0.393 e. The van der Waals surface area contributed by atoms with E-state index in [1.165, 1.54) is 25.7 Å². The summed E-state index contributed by atoms with van der Waals surface area (Å²) in [5.74, 6) is -0.704. The maximum atomic E-state index is 11.4. The standard InChI is InChI=1S/C16H30O3.FH/c1-3-5-7-9-11-13-15(17)19-16(18)14-12-10-8-6-4-2;/h3-14H2,1-2H3;1H. The minimum absolute atomic E-state index is 0. The Hall–Kier alpha value is -0.930. The van der Waals surface area contributed by atoms with Gasteiger partial charge in [0.1, 0.15) is 0 Å². The van der Waals surface area contributed by atoms with Crippen LogP contribution in [0.2, 0.25) is 0 Å². The minimum atomic E-state index is -0.352. The second-order valence-electron chi connectivity index (χ2n) is 5.17. The van der Waals surface area contributed by atoms with Gasteiger partial charge in [-0.1, -0.05) is 65.2 Å². The van der Waals surface area contributed by atoms with Gasteiger partial charge in [0.2, 0.25) is 0 Å². The van der Waals surface area contributed by atoms with Crippen molar-refractivity contribution in [3.63, 3.8) is 0 Å². The summed E-state index contributed by atoms with van der Waals surface area (Å²) in [5.41, 5.74) is 0. The smallest absolute Gasteiger partial charge is 0.313 e. The highest BCUT2D eigenvalue weighted by Gasteiger charge is 2.09. The van der Waals surface area contributed by atoms with Gasteiger partial charge < -0.3 is 4.74 Å². The normalized spacial score (nSPS) is 9.90. The highest BCUT2D eigenvalue weighted by atomic mass is 19.0. The van der Waals surface area contributed by atoms with Gasteiger partial charge in [-0.25, -0.2) is 0 Å². The average molecular weight is 290 g/mol. The molecule has 0 atom stereocenters. The predicted octanol–water partition coefficient (Wildman–Crippen LogP) is 4.93. The van der Waals surface area contributed by atoms with Gasteiger partial charge in [0.25, 0.3) is 0 Å². The second kappa shape index (κ2) is 16.1. The molecule has 0 saturated carbocycles. The molecule has 120 valence electrons. The number of hydrogen-bond donors (Lipinski definition) is 0. The van der Waals surface area contributed by atoms with E-state index in [0.29, 0.717) is 12.8 Å². The summed E-state index contributed by atoms with van der Waals surface area (Å²) in [6.07, 6.45) is 11.7. The van der Waals surface area contributed by atoms with Gasteiger partial charge in [-0.05, 0) is 12.8 Å². The van der Waals surface area contributed by atoms with Gasteiger partial charge in [0.05, 0.1) is 0 Å². The fourth-order valence-electron chi connectivity index (χ4n) is 1.97. The maximum absolute atomic E-state index is 11.4. The van der Waals surface area contributed by atoms with E-state index in [9.17, 15) is 9.59 Å². The van der Waals surface area contributed by atoms with E-state index in [0.717, 1.165) is 38.5 Å². The number of ether oxygens (including phenoxy) is 1. The quantitative estimate of drug-likeness (QED) is 0.291. The van der Waals surface area contributed by atoms with Crippen LogP contribution in [0, 0.1) is 0 Å². The summed E-state index contributed by atoms with van der Waals surface area (Å²) in [6, 6.07) is 0. The van der Waals surface area contributed by atoms with E-state index in [4.69, 9.17) is 4.74 Å². The van der Waals surface area contributed by atoms with Crippen molar-refractivity contribution < 1.29 is 19.0 Å². The fourth-order valence-corrected chi connectivity index (χ4v) is 1.97. The predicted molar refractivity (Wildman–Crippen MR) is 80.4 cm³/mol. The first-order valence-corrected chi connectivity index (χ1v) is 7.94. The first-order chi connectivity index (χ1) is 9.20. The summed E-state index contributed by atoms with van der Waals surface area (Å²) in [6.45, 7) is 4.32. The number of carbonyl (C=O) groups excluding carboxylic acids is 2. The molecule has 4 heteroatoms. The Morgan fingerprint density at radius 1 is 0.650 bits per heavy atom. The lowest BCUT2D eigenvalue weighted by molar-refractivity contribution is -0.159. The zero-order valence-corrected chi connectivity index (χ0v) is 13.1. The molecule has 0 aliphatic heterocycles. The molecule has 0 saturated heterocycles. The zero-order valence-electron chi connectivity index (χ0n) is 13.1. The Bertz CT molecular complexity index is 218. The van der Waals surface area contributed by atoms with E-state index in [-0.39, 0.29) is 16.6 Å². The lowest BCUT2D eigenvalue weighted by Gasteiger charge is -2.03. The summed E-state index contributed by atoms with van der Waals surface area (Å²) in [7, 11) is 0. The highest BCUT2D eigenvalue weighted by Crippen LogP contribution is 2.08. The van der Waals surface area contributed by atoms with E-state index >= 15 is 0 Å². The Morgan fingerprint density at radius 2 is 1.00 bits per heavy atom. The van der Waals surface area contributed by atoms with E-state index < -0.39 is 0 Å². The molecule has 0 radical (unpaired) electrons. The molecule has 0 spiro atoms. The van der Waals surface area contributed by atoms with Crippen LogP contribution in [0.4, 0.5) is 4.70 Å². The molecule has 0 bridgehead atoms. The summed E-state index contributed by atoms with van der Waals surface area (Å²) < 4.78 is 4.79. The molecule has 0 aliphatic rings. The van der Waals surface area contributed by atoms with Crippen LogP contribution < -0.4 is 0 Å². The summed E-state index contributed by atoms with van der Waals surface area (Å²) >= 11 is 0. The van der Waals surface area contributed by atoms with Crippen molar-refractivity contribution in [3.05, 3.63) is 0 Å². The number of halogens is 1. The monoisotopic (exact) mass is 290 g/mol. The van der Waals surface area contributed by atoms with E-state index in [1.807, 2.05) is 0 Å². The fraction of sp³-hybridized carbons (Fsp3) is 0.875. The van der Waals surface area contributed by atoms with Crippen molar-refractivity contribution in [2.75, 3.05) is 0 Å². The van der Waals surface area contributed by atoms with E-state index in [1.54, 1.807) is 0 Å². The summed E-state index contributed by atoms with van der Waals surface area (Å²) in [4.78, 5) is 22.8. The average Bonchev–Trinajstić information content (AvgIpc) is 2.38. The van der Waals surface area contributed by atoms with Gasteiger partial charge in [-0.2, -0.15) is 0 Å². The molecular weight excluding hydrogens is 259 g/mol. The Labute approximate surface area is 122 Å².